The van der Waals surface area contributed by atoms with Gasteiger partial charge < -0.3 is 11.1 Å². The Kier molecular flexibility index (Phi) is 4.26. The summed E-state index contributed by atoms with van der Waals surface area (Å²) in [5.74, 6) is 0.662. The molecule has 0 aliphatic carbocycles. The van der Waals surface area contributed by atoms with Crippen LogP contribution in [0.1, 0.15) is 30.7 Å². The molecule has 3 heterocycles. The second kappa shape index (κ2) is 6.18. The molecule has 118 valence electrons. The van der Waals surface area contributed by atoms with Crippen LogP contribution in [0.5, 0.6) is 0 Å². The van der Waals surface area contributed by atoms with Crippen molar-refractivity contribution < 1.29 is 4.79 Å². The maximum absolute atomic E-state index is 12.1. The zero-order valence-corrected chi connectivity index (χ0v) is 13.7. The second-order valence-electron chi connectivity index (χ2n) is 5.63. The molecule has 1 atom stereocenters. The molecule has 0 saturated heterocycles. The average molecular weight is 319 g/mol. The largest absolute Gasteiger partial charge is 0.383 e. The van der Waals surface area contributed by atoms with Gasteiger partial charge in [0, 0.05) is 24.5 Å². The number of nitrogens with zero attached hydrogens (tertiary/aromatic N) is 3. The first-order valence-corrected chi connectivity index (χ1v) is 8.46. The summed E-state index contributed by atoms with van der Waals surface area (Å²) in [5, 5.41) is 3.97. The van der Waals surface area contributed by atoms with Gasteiger partial charge in [-0.3, -0.25) is 9.69 Å². The maximum atomic E-state index is 12.1. The van der Waals surface area contributed by atoms with E-state index in [-0.39, 0.29) is 11.9 Å². The monoisotopic (exact) mass is 319 g/mol. The molecule has 2 aromatic heterocycles. The number of nitrogens with two attached hydrogens (primary N) is 1. The molecule has 22 heavy (non-hydrogen) atoms. The van der Waals surface area contributed by atoms with Gasteiger partial charge in [0.1, 0.15) is 17.0 Å². The van der Waals surface area contributed by atoms with Crippen molar-refractivity contribution in [2.75, 3.05) is 18.8 Å². The quantitative estimate of drug-likeness (QED) is 0.893. The molecule has 0 saturated carbocycles. The number of amides is 1. The van der Waals surface area contributed by atoms with E-state index in [1.54, 1.807) is 11.3 Å². The number of thiophene rings is 1. The van der Waals surface area contributed by atoms with E-state index in [1.807, 2.05) is 6.92 Å². The predicted octanol–water partition coefficient (Wildman–Crippen LogP) is 1.55. The lowest BCUT2D eigenvalue weighted by Gasteiger charge is -2.31. The number of anilines is 1. The Bertz CT molecular complexity index is 699. The van der Waals surface area contributed by atoms with E-state index in [0.717, 1.165) is 42.7 Å². The van der Waals surface area contributed by atoms with Crippen LogP contribution in [0.4, 0.5) is 5.82 Å². The number of carbonyl (C=O) groups is 1. The molecule has 0 spiro atoms. The van der Waals surface area contributed by atoms with Crippen LogP contribution >= 0.6 is 11.3 Å². The molecule has 0 aromatic carbocycles. The highest BCUT2D eigenvalue weighted by molar-refractivity contribution is 7.18. The minimum absolute atomic E-state index is 0.103. The van der Waals surface area contributed by atoms with Gasteiger partial charge >= 0.3 is 0 Å². The Morgan fingerprint density at radius 1 is 1.55 bits per heavy atom. The number of hydrogen-bond donors (Lipinski definition) is 2. The number of nitrogen functional groups attached to an aromatic ring is 1. The lowest BCUT2D eigenvalue weighted by molar-refractivity contribution is -0.126. The molecular formula is C15H21N5OS. The number of fused-ring (bicyclic) bond motifs is 3. The van der Waals surface area contributed by atoms with Crippen LogP contribution in [0.25, 0.3) is 10.2 Å². The molecule has 1 amide bonds. The average Bonchev–Trinajstić information content (AvgIpc) is 2.90. The van der Waals surface area contributed by atoms with E-state index in [0.29, 0.717) is 5.82 Å². The van der Waals surface area contributed by atoms with Crippen LogP contribution in [0.3, 0.4) is 0 Å². The fourth-order valence-electron chi connectivity index (χ4n) is 2.86. The lowest BCUT2D eigenvalue weighted by atomic mass is 10.0. The van der Waals surface area contributed by atoms with Gasteiger partial charge in [0.15, 0.2) is 0 Å². The fraction of sp³-hybridized carbons (Fsp3) is 0.533. The molecule has 1 aliphatic heterocycles. The van der Waals surface area contributed by atoms with Crippen molar-refractivity contribution in [3.8, 4) is 0 Å². The Morgan fingerprint density at radius 2 is 2.36 bits per heavy atom. The summed E-state index contributed by atoms with van der Waals surface area (Å²) in [5.41, 5.74) is 7.26. The molecule has 3 rings (SSSR count). The van der Waals surface area contributed by atoms with E-state index >= 15 is 0 Å². The van der Waals surface area contributed by atoms with Gasteiger partial charge in [0.05, 0.1) is 11.4 Å². The minimum Gasteiger partial charge on any atom is -0.383 e. The third-order valence-electron chi connectivity index (χ3n) is 4.17. The number of aromatic nitrogens is 2. The fourth-order valence-corrected chi connectivity index (χ4v) is 4.09. The van der Waals surface area contributed by atoms with Crippen molar-refractivity contribution in [2.24, 2.45) is 0 Å². The minimum atomic E-state index is -0.117. The summed E-state index contributed by atoms with van der Waals surface area (Å²) in [7, 11) is 0. The van der Waals surface area contributed by atoms with Gasteiger partial charge in [-0.2, -0.15) is 0 Å². The Balaban J connectivity index is 1.81. The molecule has 0 bridgehead atoms. The summed E-state index contributed by atoms with van der Waals surface area (Å²) in [6.07, 6.45) is 3.35. The molecule has 0 radical (unpaired) electrons. The van der Waals surface area contributed by atoms with E-state index in [2.05, 4.69) is 27.1 Å². The zero-order valence-electron chi connectivity index (χ0n) is 12.9. The number of rotatable bonds is 4. The molecule has 0 unspecified atom stereocenters. The van der Waals surface area contributed by atoms with Gasteiger partial charge in [-0.25, -0.2) is 9.97 Å². The van der Waals surface area contributed by atoms with Crippen molar-refractivity contribution in [3.05, 3.63) is 16.8 Å². The van der Waals surface area contributed by atoms with Gasteiger partial charge in [-0.1, -0.05) is 6.92 Å². The maximum Gasteiger partial charge on any atom is 0.237 e. The Labute approximate surface area is 133 Å². The topological polar surface area (TPSA) is 84.1 Å². The number of carbonyl (C=O) groups excluding carboxylic acids is 1. The summed E-state index contributed by atoms with van der Waals surface area (Å²) in [4.78, 5) is 25.0. The molecule has 6 nitrogen and oxygen atoms in total. The van der Waals surface area contributed by atoms with Crippen LogP contribution in [0.2, 0.25) is 0 Å². The number of hydrogen-bond acceptors (Lipinski definition) is 6. The second-order valence-corrected chi connectivity index (χ2v) is 6.71. The third-order valence-corrected chi connectivity index (χ3v) is 5.30. The first-order valence-electron chi connectivity index (χ1n) is 7.64. The van der Waals surface area contributed by atoms with Crippen molar-refractivity contribution in [1.29, 1.82) is 0 Å². The van der Waals surface area contributed by atoms with Crippen molar-refractivity contribution >= 4 is 33.3 Å². The highest BCUT2D eigenvalue weighted by atomic mass is 32.1. The zero-order chi connectivity index (χ0) is 15.7. The standard InChI is InChI=1S/C15H21N5OS/c1-3-5-17-14(21)9(2)20-6-4-10-11(7-20)22-15-12(10)13(16)18-8-19-15/h8-9H,3-7H2,1-2H3,(H,17,21)(H2,16,18,19)/t9-/m0/s1. The summed E-state index contributed by atoms with van der Waals surface area (Å²) in [6.45, 7) is 6.39. The summed E-state index contributed by atoms with van der Waals surface area (Å²) < 4.78 is 0. The molecule has 1 aliphatic rings. The van der Waals surface area contributed by atoms with Crippen molar-refractivity contribution in [3.63, 3.8) is 0 Å². The van der Waals surface area contributed by atoms with Crippen molar-refractivity contribution in [2.45, 2.75) is 39.3 Å². The third kappa shape index (κ3) is 2.66. The normalized spacial score (nSPS) is 16.5. The molecule has 3 N–H and O–H groups in total. The van der Waals surface area contributed by atoms with Gasteiger partial charge in [0.25, 0.3) is 0 Å². The smallest absolute Gasteiger partial charge is 0.237 e. The molecular weight excluding hydrogens is 298 g/mol. The van der Waals surface area contributed by atoms with Crippen LogP contribution in [0.15, 0.2) is 6.33 Å². The Hall–Kier alpha value is -1.73. The van der Waals surface area contributed by atoms with Gasteiger partial charge in [-0.15, -0.1) is 11.3 Å². The van der Waals surface area contributed by atoms with Crippen LogP contribution < -0.4 is 11.1 Å². The lowest BCUT2D eigenvalue weighted by Crippen LogP contribution is -2.46. The van der Waals surface area contributed by atoms with E-state index in [4.69, 9.17) is 5.73 Å². The van der Waals surface area contributed by atoms with Gasteiger partial charge in [-0.05, 0) is 25.3 Å². The van der Waals surface area contributed by atoms with Crippen LogP contribution in [0, 0.1) is 0 Å². The highest BCUT2D eigenvalue weighted by Gasteiger charge is 2.28. The summed E-state index contributed by atoms with van der Waals surface area (Å²) in [6, 6.07) is -0.117. The first-order chi connectivity index (χ1) is 10.6. The first kappa shape index (κ1) is 15.2. The Morgan fingerprint density at radius 3 is 3.14 bits per heavy atom. The highest BCUT2D eigenvalue weighted by Crippen LogP contribution is 2.36. The van der Waals surface area contributed by atoms with E-state index in [9.17, 15) is 4.79 Å². The molecule has 0 fully saturated rings. The number of nitrogens with one attached hydrogen (secondary N) is 1. The summed E-state index contributed by atoms with van der Waals surface area (Å²) >= 11 is 1.66. The van der Waals surface area contributed by atoms with Crippen molar-refractivity contribution in [1.82, 2.24) is 20.2 Å². The van der Waals surface area contributed by atoms with E-state index < -0.39 is 0 Å². The molecule has 2 aromatic rings. The predicted molar refractivity (Wildman–Crippen MR) is 88.7 cm³/mol. The SMILES string of the molecule is CCCNC(=O)[C@H](C)N1CCc2c(sc3ncnc(N)c23)C1. The van der Waals surface area contributed by atoms with Gasteiger partial charge in [0.2, 0.25) is 5.91 Å². The van der Waals surface area contributed by atoms with E-state index in [1.165, 1.54) is 16.8 Å². The molecule has 7 heteroatoms. The van der Waals surface area contributed by atoms with Crippen LogP contribution in [-0.2, 0) is 17.8 Å². The van der Waals surface area contributed by atoms with Crippen LogP contribution in [-0.4, -0.2) is 39.9 Å².